The van der Waals surface area contributed by atoms with Gasteiger partial charge in [-0.15, -0.1) is 0 Å². The molecule has 0 saturated heterocycles. The Morgan fingerprint density at radius 3 is 2.67 bits per heavy atom. The Morgan fingerprint density at radius 2 is 1.86 bits per heavy atom. The van der Waals surface area contributed by atoms with Crippen LogP contribution in [-0.4, -0.2) is 4.98 Å². The molecule has 1 heterocycles. The molecule has 0 radical (unpaired) electrons. The maximum atomic E-state index is 12.2. The van der Waals surface area contributed by atoms with Crippen molar-refractivity contribution in [2.45, 2.75) is 20.4 Å². The molecule has 21 heavy (non-hydrogen) atoms. The number of rotatable bonds is 3. The van der Waals surface area contributed by atoms with Gasteiger partial charge in [0, 0.05) is 23.3 Å². The number of pyridine rings is 1. The minimum absolute atomic E-state index is 0.0332. The third kappa shape index (κ3) is 2.82. The van der Waals surface area contributed by atoms with Gasteiger partial charge in [-0.2, -0.15) is 0 Å². The fourth-order valence-electron chi connectivity index (χ4n) is 2.45. The third-order valence-electron chi connectivity index (χ3n) is 3.69. The van der Waals surface area contributed by atoms with Crippen molar-refractivity contribution in [2.75, 3.05) is 5.32 Å². The average Bonchev–Trinajstić information content (AvgIpc) is 2.46. The van der Waals surface area contributed by atoms with E-state index < -0.39 is 0 Å². The Balaban J connectivity index is 1.91. The molecule has 0 aliphatic carbocycles. The SMILES string of the molecule is Cc1ccc2cc(CNc3ccccc3C)c(=O)[nH]c2c1. The molecule has 0 unspecified atom stereocenters. The topological polar surface area (TPSA) is 44.9 Å². The summed E-state index contributed by atoms with van der Waals surface area (Å²) in [7, 11) is 0. The number of hydrogen-bond donors (Lipinski definition) is 2. The Morgan fingerprint density at radius 1 is 1.05 bits per heavy atom. The fourth-order valence-corrected chi connectivity index (χ4v) is 2.45. The maximum Gasteiger partial charge on any atom is 0.253 e. The zero-order valence-corrected chi connectivity index (χ0v) is 12.2. The largest absolute Gasteiger partial charge is 0.381 e. The van der Waals surface area contributed by atoms with E-state index in [-0.39, 0.29) is 5.56 Å². The van der Waals surface area contributed by atoms with Crippen LogP contribution >= 0.6 is 0 Å². The lowest BCUT2D eigenvalue weighted by molar-refractivity contribution is 1.08. The summed E-state index contributed by atoms with van der Waals surface area (Å²) in [6.07, 6.45) is 0. The quantitative estimate of drug-likeness (QED) is 0.766. The minimum atomic E-state index is -0.0332. The van der Waals surface area contributed by atoms with Gasteiger partial charge < -0.3 is 10.3 Å². The average molecular weight is 278 g/mol. The summed E-state index contributed by atoms with van der Waals surface area (Å²) in [6.45, 7) is 4.59. The Kier molecular flexibility index (Phi) is 3.48. The normalized spacial score (nSPS) is 10.8. The van der Waals surface area contributed by atoms with Gasteiger partial charge in [0.05, 0.1) is 0 Å². The lowest BCUT2D eigenvalue weighted by Crippen LogP contribution is -2.15. The van der Waals surface area contributed by atoms with E-state index in [1.165, 1.54) is 5.56 Å². The van der Waals surface area contributed by atoms with Gasteiger partial charge in [0.1, 0.15) is 0 Å². The zero-order valence-electron chi connectivity index (χ0n) is 12.2. The number of aromatic amines is 1. The lowest BCUT2D eigenvalue weighted by atomic mass is 10.1. The minimum Gasteiger partial charge on any atom is -0.381 e. The van der Waals surface area contributed by atoms with Crippen LogP contribution in [0, 0.1) is 13.8 Å². The Bertz CT molecular complexity index is 849. The van der Waals surface area contributed by atoms with Crippen molar-refractivity contribution in [3.63, 3.8) is 0 Å². The molecule has 0 bridgehead atoms. The molecule has 106 valence electrons. The van der Waals surface area contributed by atoms with E-state index in [9.17, 15) is 4.79 Å². The summed E-state index contributed by atoms with van der Waals surface area (Å²) in [6, 6.07) is 16.1. The summed E-state index contributed by atoms with van der Waals surface area (Å²) in [5.41, 5.74) is 4.97. The van der Waals surface area contributed by atoms with Crippen molar-refractivity contribution in [1.82, 2.24) is 4.98 Å². The van der Waals surface area contributed by atoms with Crippen LogP contribution in [0.1, 0.15) is 16.7 Å². The maximum absolute atomic E-state index is 12.2. The second kappa shape index (κ2) is 5.44. The molecule has 0 saturated carbocycles. The third-order valence-corrected chi connectivity index (χ3v) is 3.69. The number of nitrogens with one attached hydrogen (secondary N) is 2. The molecule has 0 aliphatic rings. The Labute approximate surface area is 123 Å². The molecule has 0 atom stereocenters. The first-order chi connectivity index (χ1) is 10.1. The van der Waals surface area contributed by atoms with Gasteiger partial charge in [0.15, 0.2) is 0 Å². The van der Waals surface area contributed by atoms with Crippen LogP contribution in [0.5, 0.6) is 0 Å². The number of hydrogen-bond acceptors (Lipinski definition) is 2. The van der Waals surface area contributed by atoms with Gasteiger partial charge in [-0.05, 0) is 48.6 Å². The van der Waals surface area contributed by atoms with Crippen LogP contribution in [-0.2, 0) is 6.54 Å². The van der Waals surface area contributed by atoms with Gasteiger partial charge in [-0.25, -0.2) is 0 Å². The van der Waals surface area contributed by atoms with Crippen LogP contribution < -0.4 is 10.9 Å². The molecular weight excluding hydrogens is 260 g/mol. The first-order valence-corrected chi connectivity index (χ1v) is 7.05. The zero-order chi connectivity index (χ0) is 14.8. The smallest absolute Gasteiger partial charge is 0.253 e. The molecule has 0 amide bonds. The summed E-state index contributed by atoms with van der Waals surface area (Å²) in [5.74, 6) is 0. The predicted octanol–water partition coefficient (Wildman–Crippen LogP) is 3.76. The number of anilines is 1. The molecular formula is C18H18N2O. The van der Waals surface area contributed by atoms with Gasteiger partial charge in [0.2, 0.25) is 0 Å². The van der Waals surface area contributed by atoms with Crippen molar-refractivity contribution < 1.29 is 0 Å². The molecule has 0 fully saturated rings. The standard InChI is InChI=1S/C18H18N2O/c1-12-7-8-14-10-15(18(21)20-17(14)9-12)11-19-16-6-4-3-5-13(16)2/h3-10,19H,11H2,1-2H3,(H,20,21). The van der Waals surface area contributed by atoms with Gasteiger partial charge in [0.25, 0.3) is 5.56 Å². The first-order valence-electron chi connectivity index (χ1n) is 7.05. The second-order valence-corrected chi connectivity index (χ2v) is 5.38. The number of H-pyrrole nitrogens is 1. The van der Waals surface area contributed by atoms with Crippen molar-refractivity contribution in [2.24, 2.45) is 0 Å². The van der Waals surface area contributed by atoms with Crippen molar-refractivity contribution in [1.29, 1.82) is 0 Å². The molecule has 2 aromatic carbocycles. The van der Waals surface area contributed by atoms with Crippen LogP contribution in [0.2, 0.25) is 0 Å². The molecule has 3 nitrogen and oxygen atoms in total. The van der Waals surface area contributed by atoms with E-state index in [0.717, 1.165) is 27.7 Å². The van der Waals surface area contributed by atoms with E-state index in [4.69, 9.17) is 0 Å². The van der Waals surface area contributed by atoms with Crippen LogP contribution in [0.4, 0.5) is 5.69 Å². The molecule has 0 aliphatic heterocycles. The highest BCUT2D eigenvalue weighted by Gasteiger charge is 2.04. The predicted molar refractivity (Wildman–Crippen MR) is 87.8 cm³/mol. The summed E-state index contributed by atoms with van der Waals surface area (Å²) < 4.78 is 0. The Hall–Kier alpha value is -2.55. The van der Waals surface area contributed by atoms with E-state index in [2.05, 4.69) is 29.4 Å². The van der Waals surface area contributed by atoms with E-state index in [0.29, 0.717) is 6.54 Å². The molecule has 2 N–H and O–H groups in total. The number of aryl methyl sites for hydroxylation is 2. The van der Waals surface area contributed by atoms with Crippen LogP contribution in [0.3, 0.4) is 0 Å². The molecule has 1 aromatic heterocycles. The highest BCUT2D eigenvalue weighted by atomic mass is 16.1. The number of fused-ring (bicyclic) bond motifs is 1. The number of para-hydroxylation sites is 1. The van der Waals surface area contributed by atoms with Crippen LogP contribution in [0.15, 0.2) is 53.3 Å². The fraction of sp³-hybridized carbons (Fsp3) is 0.167. The highest BCUT2D eigenvalue weighted by molar-refractivity contribution is 5.79. The number of aromatic nitrogens is 1. The van der Waals surface area contributed by atoms with Gasteiger partial charge in [-0.1, -0.05) is 30.3 Å². The van der Waals surface area contributed by atoms with Gasteiger partial charge in [-0.3, -0.25) is 4.79 Å². The van der Waals surface area contributed by atoms with Crippen LogP contribution in [0.25, 0.3) is 10.9 Å². The summed E-state index contributed by atoms with van der Waals surface area (Å²) in [4.78, 5) is 15.1. The molecule has 3 aromatic rings. The van der Waals surface area contributed by atoms with Gasteiger partial charge >= 0.3 is 0 Å². The highest BCUT2D eigenvalue weighted by Crippen LogP contribution is 2.16. The molecule has 0 spiro atoms. The van der Waals surface area contributed by atoms with Crippen molar-refractivity contribution in [3.8, 4) is 0 Å². The second-order valence-electron chi connectivity index (χ2n) is 5.38. The molecule has 3 heteroatoms. The number of benzene rings is 2. The lowest BCUT2D eigenvalue weighted by Gasteiger charge is -2.09. The monoisotopic (exact) mass is 278 g/mol. The summed E-state index contributed by atoms with van der Waals surface area (Å²) >= 11 is 0. The first kappa shape index (κ1) is 13.4. The van der Waals surface area contributed by atoms with Crippen molar-refractivity contribution >= 4 is 16.6 Å². The van der Waals surface area contributed by atoms with Crippen molar-refractivity contribution in [3.05, 3.63) is 75.6 Å². The summed E-state index contributed by atoms with van der Waals surface area (Å²) in [5, 5.41) is 4.38. The van der Waals surface area contributed by atoms with E-state index in [1.54, 1.807) is 0 Å². The van der Waals surface area contributed by atoms with E-state index >= 15 is 0 Å². The molecule has 3 rings (SSSR count). The van der Waals surface area contributed by atoms with E-state index in [1.807, 2.05) is 43.3 Å².